The van der Waals surface area contributed by atoms with E-state index in [1.54, 1.807) is 42.5 Å². The van der Waals surface area contributed by atoms with E-state index in [9.17, 15) is 15.2 Å². The quantitative estimate of drug-likeness (QED) is 0.484. The first kappa shape index (κ1) is 12.3. The number of nitrogens with zero attached hydrogens (tertiary/aromatic N) is 1. The summed E-state index contributed by atoms with van der Waals surface area (Å²) in [6, 6.07) is 6.79. The zero-order chi connectivity index (χ0) is 13.0. The molecule has 5 heteroatoms. The molecule has 5 nitrogen and oxygen atoms in total. The number of hydrogen-bond donors (Lipinski definition) is 2. The van der Waals surface area contributed by atoms with E-state index in [-0.39, 0.29) is 17.2 Å². The molecule has 0 bridgehead atoms. The number of rotatable bonds is 4. The summed E-state index contributed by atoms with van der Waals surface area (Å²) in [5, 5.41) is 23.7. The Hall–Kier alpha value is -2.14. The number of aromatic hydroxyl groups is 1. The molecular formula is C13H14N2O3. The Morgan fingerprint density at radius 1 is 1.39 bits per heavy atom. The summed E-state index contributed by atoms with van der Waals surface area (Å²) in [5.74, 6) is 0.138. The molecule has 0 radical (unpaired) electrons. The SMILES string of the molecule is O=[N+]([O-])C1(NCc2ccccc2O)C=CC=CC1. The summed E-state index contributed by atoms with van der Waals surface area (Å²) >= 11 is 0. The van der Waals surface area contributed by atoms with Gasteiger partial charge in [0.1, 0.15) is 5.75 Å². The molecule has 1 aliphatic rings. The summed E-state index contributed by atoms with van der Waals surface area (Å²) < 4.78 is 0. The molecule has 94 valence electrons. The van der Waals surface area contributed by atoms with Gasteiger partial charge in [0.25, 0.3) is 5.66 Å². The van der Waals surface area contributed by atoms with Gasteiger partial charge in [0, 0.05) is 23.1 Å². The average Bonchev–Trinajstić information content (AvgIpc) is 2.39. The lowest BCUT2D eigenvalue weighted by molar-refractivity contribution is -0.562. The minimum absolute atomic E-state index is 0.138. The highest BCUT2D eigenvalue weighted by Gasteiger charge is 2.39. The normalized spacial score (nSPS) is 22.0. The Bertz CT molecular complexity index is 511. The van der Waals surface area contributed by atoms with E-state index < -0.39 is 5.66 Å². The lowest BCUT2D eigenvalue weighted by atomic mass is 10.0. The Kier molecular flexibility index (Phi) is 3.43. The van der Waals surface area contributed by atoms with Gasteiger partial charge >= 0.3 is 0 Å². The molecule has 1 aliphatic carbocycles. The molecule has 0 spiro atoms. The summed E-state index contributed by atoms with van der Waals surface area (Å²) in [4.78, 5) is 10.8. The molecule has 0 saturated heterocycles. The van der Waals surface area contributed by atoms with Crippen molar-refractivity contribution in [2.75, 3.05) is 0 Å². The fraction of sp³-hybridized carbons (Fsp3) is 0.231. The maximum atomic E-state index is 11.2. The molecule has 1 aromatic carbocycles. The molecule has 1 aromatic rings. The van der Waals surface area contributed by atoms with Gasteiger partial charge in [0.15, 0.2) is 0 Å². The van der Waals surface area contributed by atoms with Crippen LogP contribution in [0.1, 0.15) is 12.0 Å². The van der Waals surface area contributed by atoms with Crippen LogP contribution in [0.5, 0.6) is 5.75 Å². The first-order valence-corrected chi connectivity index (χ1v) is 5.65. The number of allylic oxidation sites excluding steroid dienone is 2. The molecule has 0 aromatic heterocycles. The second kappa shape index (κ2) is 5.01. The number of nitrogens with one attached hydrogen (secondary N) is 1. The van der Waals surface area contributed by atoms with Crippen LogP contribution in [0.3, 0.4) is 0 Å². The van der Waals surface area contributed by atoms with E-state index in [1.807, 2.05) is 0 Å². The third kappa shape index (κ3) is 2.41. The highest BCUT2D eigenvalue weighted by molar-refractivity contribution is 5.32. The Morgan fingerprint density at radius 2 is 2.17 bits per heavy atom. The summed E-state index contributed by atoms with van der Waals surface area (Å²) in [7, 11) is 0. The van der Waals surface area contributed by atoms with E-state index in [4.69, 9.17) is 0 Å². The maximum Gasteiger partial charge on any atom is 0.297 e. The number of benzene rings is 1. The monoisotopic (exact) mass is 246 g/mol. The average molecular weight is 246 g/mol. The van der Waals surface area contributed by atoms with Crippen molar-refractivity contribution in [3.8, 4) is 5.75 Å². The number of hydrogen-bond acceptors (Lipinski definition) is 4. The first-order chi connectivity index (χ1) is 8.64. The highest BCUT2D eigenvalue weighted by atomic mass is 16.6. The van der Waals surface area contributed by atoms with Gasteiger partial charge in [-0.3, -0.25) is 10.1 Å². The zero-order valence-electron chi connectivity index (χ0n) is 9.74. The van der Waals surface area contributed by atoms with Gasteiger partial charge < -0.3 is 5.11 Å². The van der Waals surface area contributed by atoms with Gasteiger partial charge in [-0.15, -0.1) is 0 Å². The smallest absolute Gasteiger partial charge is 0.297 e. The van der Waals surface area contributed by atoms with Crippen molar-refractivity contribution in [2.45, 2.75) is 18.6 Å². The van der Waals surface area contributed by atoms with Crippen LogP contribution >= 0.6 is 0 Å². The van der Waals surface area contributed by atoms with Crippen molar-refractivity contribution >= 4 is 0 Å². The molecule has 1 atom stereocenters. The molecule has 0 amide bonds. The van der Waals surface area contributed by atoms with Crippen molar-refractivity contribution in [3.05, 3.63) is 64.2 Å². The number of phenolic OH excluding ortho intramolecular Hbond substituents is 1. The van der Waals surface area contributed by atoms with Gasteiger partial charge in [-0.1, -0.05) is 36.4 Å². The Morgan fingerprint density at radius 3 is 2.78 bits per heavy atom. The van der Waals surface area contributed by atoms with E-state index in [0.29, 0.717) is 12.0 Å². The molecule has 18 heavy (non-hydrogen) atoms. The number of phenols is 1. The zero-order valence-corrected chi connectivity index (χ0v) is 9.74. The second-order valence-corrected chi connectivity index (χ2v) is 4.16. The molecule has 1 unspecified atom stereocenters. The highest BCUT2D eigenvalue weighted by Crippen LogP contribution is 2.21. The minimum Gasteiger partial charge on any atom is -0.508 e. The van der Waals surface area contributed by atoms with Crippen molar-refractivity contribution in [1.82, 2.24) is 5.32 Å². The van der Waals surface area contributed by atoms with Gasteiger partial charge in [0.05, 0.1) is 6.42 Å². The molecule has 2 rings (SSSR count). The van der Waals surface area contributed by atoms with Gasteiger partial charge in [-0.25, -0.2) is 5.32 Å². The Labute approximate surface area is 105 Å². The van der Waals surface area contributed by atoms with Crippen LogP contribution in [-0.2, 0) is 6.54 Å². The van der Waals surface area contributed by atoms with Crippen molar-refractivity contribution in [1.29, 1.82) is 0 Å². The largest absolute Gasteiger partial charge is 0.508 e. The first-order valence-electron chi connectivity index (χ1n) is 5.65. The topological polar surface area (TPSA) is 75.4 Å². The molecule has 0 heterocycles. The summed E-state index contributed by atoms with van der Waals surface area (Å²) in [6.07, 6.45) is 7.02. The summed E-state index contributed by atoms with van der Waals surface area (Å²) in [6.45, 7) is 0.242. The van der Waals surface area contributed by atoms with E-state index in [1.165, 1.54) is 6.08 Å². The van der Waals surface area contributed by atoms with E-state index in [0.717, 1.165) is 0 Å². The fourth-order valence-corrected chi connectivity index (χ4v) is 1.85. The predicted octanol–water partition coefficient (Wildman–Crippen LogP) is 1.97. The van der Waals surface area contributed by atoms with Gasteiger partial charge in [0.2, 0.25) is 0 Å². The van der Waals surface area contributed by atoms with Crippen LogP contribution in [0.2, 0.25) is 0 Å². The van der Waals surface area contributed by atoms with Crippen LogP contribution in [0.15, 0.2) is 48.6 Å². The fourth-order valence-electron chi connectivity index (χ4n) is 1.85. The lowest BCUT2D eigenvalue weighted by Gasteiger charge is -2.23. The van der Waals surface area contributed by atoms with Crippen LogP contribution < -0.4 is 5.32 Å². The van der Waals surface area contributed by atoms with Crippen LogP contribution in [0, 0.1) is 10.1 Å². The molecule has 0 saturated carbocycles. The summed E-state index contributed by atoms with van der Waals surface area (Å²) in [5.41, 5.74) is -0.640. The lowest BCUT2D eigenvalue weighted by Crippen LogP contribution is -2.50. The molecule has 0 aliphatic heterocycles. The van der Waals surface area contributed by atoms with Crippen molar-refractivity contribution in [3.63, 3.8) is 0 Å². The van der Waals surface area contributed by atoms with Gasteiger partial charge in [-0.05, 0) is 6.07 Å². The van der Waals surface area contributed by atoms with Crippen LogP contribution in [0.4, 0.5) is 0 Å². The molecule has 2 N–H and O–H groups in total. The van der Waals surface area contributed by atoms with E-state index >= 15 is 0 Å². The Balaban J connectivity index is 2.12. The van der Waals surface area contributed by atoms with Crippen molar-refractivity contribution in [2.24, 2.45) is 0 Å². The third-order valence-electron chi connectivity index (χ3n) is 2.95. The van der Waals surface area contributed by atoms with Crippen molar-refractivity contribution < 1.29 is 10.0 Å². The van der Waals surface area contributed by atoms with Crippen LogP contribution in [-0.4, -0.2) is 15.7 Å². The number of para-hydroxylation sites is 1. The molecule has 0 fully saturated rings. The van der Waals surface area contributed by atoms with Gasteiger partial charge in [-0.2, -0.15) is 0 Å². The molecular weight excluding hydrogens is 232 g/mol. The third-order valence-corrected chi connectivity index (χ3v) is 2.95. The van der Waals surface area contributed by atoms with E-state index in [2.05, 4.69) is 5.32 Å². The maximum absolute atomic E-state index is 11.2. The number of nitro groups is 1. The second-order valence-electron chi connectivity index (χ2n) is 4.16. The standard InChI is InChI=1S/C13H14N2O3/c16-12-7-3-2-6-11(12)10-14-13(15(17)18)8-4-1-5-9-13/h1-8,14,16H,9-10H2. The minimum atomic E-state index is -1.28. The predicted molar refractivity (Wildman–Crippen MR) is 67.6 cm³/mol. The van der Waals surface area contributed by atoms with Crippen LogP contribution in [0.25, 0.3) is 0 Å².